The number of oxime groups is 1. The molecule has 1 rings (SSSR count). The first-order valence-electron chi connectivity index (χ1n) is 4.62. The molecule has 1 aromatic rings. The van der Waals surface area contributed by atoms with Crippen molar-refractivity contribution in [2.24, 2.45) is 10.9 Å². The molecule has 4 N–H and O–H groups in total. The van der Waals surface area contributed by atoms with Gasteiger partial charge in [-0.2, -0.15) is 0 Å². The number of aromatic nitrogens is 2. The van der Waals surface area contributed by atoms with Crippen LogP contribution in [0.25, 0.3) is 0 Å². The minimum Gasteiger partial charge on any atom is -0.409 e. The van der Waals surface area contributed by atoms with E-state index in [9.17, 15) is 4.79 Å². The number of hydrogen-bond donors (Lipinski definition) is 3. The van der Waals surface area contributed by atoms with Crippen molar-refractivity contribution in [3.63, 3.8) is 0 Å². The molecule has 1 aromatic heterocycles. The van der Waals surface area contributed by atoms with Gasteiger partial charge in [0, 0.05) is 6.20 Å². The number of nitrogens with one attached hydrogen (secondary N) is 1. The Balaban J connectivity index is 2.40. The zero-order valence-electron chi connectivity index (χ0n) is 8.84. The van der Waals surface area contributed by atoms with E-state index >= 15 is 0 Å². The zero-order chi connectivity index (χ0) is 12.0. The molecule has 0 bridgehead atoms. The van der Waals surface area contributed by atoms with Gasteiger partial charge in [0.1, 0.15) is 5.84 Å². The van der Waals surface area contributed by atoms with Crippen molar-refractivity contribution in [1.29, 1.82) is 0 Å². The average molecular weight is 223 g/mol. The highest BCUT2D eigenvalue weighted by Crippen LogP contribution is 1.93. The molecule has 0 radical (unpaired) electrons. The molecule has 0 fully saturated rings. The van der Waals surface area contributed by atoms with Crippen molar-refractivity contribution in [2.75, 3.05) is 0 Å². The van der Waals surface area contributed by atoms with Crippen LogP contribution in [-0.2, 0) is 11.3 Å². The number of amidine groups is 1. The van der Waals surface area contributed by atoms with Gasteiger partial charge in [0.05, 0.1) is 30.6 Å². The molecule has 7 heteroatoms. The molecular formula is C9H13N5O2. The summed E-state index contributed by atoms with van der Waals surface area (Å²) in [5.74, 6) is -0.467. The molecule has 0 aliphatic heterocycles. The third-order valence-corrected chi connectivity index (χ3v) is 1.77. The summed E-state index contributed by atoms with van der Waals surface area (Å²) in [5, 5.41) is 13.5. The topological polar surface area (TPSA) is 113 Å². The number of nitrogens with zero attached hydrogens (tertiary/aromatic N) is 3. The fourth-order valence-corrected chi connectivity index (χ4v) is 0.962. The number of rotatable bonds is 4. The van der Waals surface area contributed by atoms with Gasteiger partial charge in [-0.15, -0.1) is 0 Å². The standard InChI is InChI=1S/C9H13N5O2/c1-6-3-12-7(4-11-6)5-13-9(15)2-8(10)14-16/h3-4,16H,2,5H2,1H3,(H2,10,14)(H,13,15). The summed E-state index contributed by atoms with van der Waals surface area (Å²) in [6.07, 6.45) is 3.06. The molecule has 0 aliphatic carbocycles. The Labute approximate surface area is 92.4 Å². The van der Waals surface area contributed by atoms with E-state index in [4.69, 9.17) is 10.9 Å². The number of aryl methyl sites for hydroxylation is 1. The molecule has 1 amide bonds. The van der Waals surface area contributed by atoms with Crippen LogP contribution in [0.2, 0.25) is 0 Å². The zero-order valence-corrected chi connectivity index (χ0v) is 8.84. The summed E-state index contributed by atoms with van der Waals surface area (Å²) in [4.78, 5) is 19.3. The van der Waals surface area contributed by atoms with E-state index in [0.717, 1.165) is 5.69 Å². The molecule has 0 saturated heterocycles. The van der Waals surface area contributed by atoms with Gasteiger partial charge in [0.2, 0.25) is 5.91 Å². The highest BCUT2D eigenvalue weighted by Gasteiger charge is 2.04. The van der Waals surface area contributed by atoms with Crippen LogP contribution in [0.4, 0.5) is 0 Å². The van der Waals surface area contributed by atoms with Crippen LogP contribution >= 0.6 is 0 Å². The van der Waals surface area contributed by atoms with Crippen LogP contribution in [0.3, 0.4) is 0 Å². The van der Waals surface area contributed by atoms with Crippen LogP contribution in [0, 0.1) is 6.92 Å². The van der Waals surface area contributed by atoms with Gasteiger partial charge >= 0.3 is 0 Å². The molecule has 0 unspecified atom stereocenters. The Bertz CT molecular complexity index is 387. The lowest BCUT2D eigenvalue weighted by Crippen LogP contribution is -2.28. The van der Waals surface area contributed by atoms with Gasteiger partial charge in [-0.1, -0.05) is 5.16 Å². The highest BCUT2D eigenvalue weighted by molar-refractivity contribution is 5.98. The summed E-state index contributed by atoms with van der Waals surface area (Å²) in [6, 6.07) is 0. The van der Waals surface area contributed by atoms with Crippen molar-refractivity contribution < 1.29 is 10.0 Å². The molecule has 1 heterocycles. The molecule has 7 nitrogen and oxygen atoms in total. The lowest BCUT2D eigenvalue weighted by molar-refractivity contribution is -0.120. The van der Waals surface area contributed by atoms with Gasteiger partial charge in [-0.3, -0.25) is 14.8 Å². The Morgan fingerprint density at radius 3 is 2.88 bits per heavy atom. The lowest BCUT2D eigenvalue weighted by atomic mass is 10.3. The van der Waals surface area contributed by atoms with Crippen LogP contribution in [0.1, 0.15) is 17.8 Å². The second kappa shape index (κ2) is 5.64. The van der Waals surface area contributed by atoms with E-state index in [1.807, 2.05) is 6.92 Å². The second-order valence-electron chi connectivity index (χ2n) is 3.19. The second-order valence-corrected chi connectivity index (χ2v) is 3.19. The van der Waals surface area contributed by atoms with Crippen LogP contribution in [-0.4, -0.2) is 26.9 Å². The van der Waals surface area contributed by atoms with Gasteiger partial charge in [-0.05, 0) is 6.92 Å². The Kier molecular flexibility index (Phi) is 4.19. The predicted molar refractivity (Wildman–Crippen MR) is 56.6 cm³/mol. The third-order valence-electron chi connectivity index (χ3n) is 1.77. The number of carbonyl (C=O) groups is 1. The number of carbonyl (C=O) groups excluding carboxylic acids is 1. The fourth-order valence-electron chi connectivity index (χ4n) is 0.962. The van der Waals surface area contributed by atoms with Crippen molar-refractivity contribution in [3.05, 3.63) is 23.8 Å². The normalized spacial score (nSPS) is 11.2. The van der Waals surface area contributed by atoms with Crippen LogP contribution in [0.15, 0.2) is 17.5 Å². The lowest BCUT2D eigenvalue weighted by Gasteiger charge is -2.03. The maximum absolute atomic E-state index is 11.2. The molecule has 86 valence electrons. The number of nitrogens with two attached hydrogens (primary N) is 1. The Morgan fingerprint density at radius 2 is 2.31 bits per heavy atom. The largest absolute Gasteiger partial charge is 0.409 e. The monoisotopic (exact) mass is 223 g/mol. The van der Waals surface area contributed by atoms with Gasteiger partial charge < -0.3 is 16.3 Å². The first kappa shape index (κ1) is 11.9. The van der Waals surface area contributed by atoms with Crippen LogP contribution < -0.4 is 11.1 Å². The minimum absolute atomic E-state index is 0.132. The first-order valence-corrected chi connectivity index (χ1v) is 4.62. The summed E-state index contributed by atoms with van der Waals surface area (Å²) in [7, 11) is 0. The molecule has 0 aliphatic rings. The van der Waals surface area contributed by atoms with E-state index < -0.39 is 0 Å². The quantitative estimate of drug-likeness (QED) is 0.276. The minimum atomic E-state index is -0.335. The van der Waals surface area contributed by atoms with E-state index in [2.05, 4.69) is 20.4 Å². The average Bonchev–Trinajstić information content (AvgIpc) is 2.28. The maximum Gasteiger partial charge on any atom is 0.228 e. The van der Waals surface area contributed by atoms with Gasteiger partial charge in [0.25, 0.3) is 0 Å². The van der Waals surface area contributed by atoms with Crippen molar-refractivity contribution in [1.82, 2.24) is 15.3 Å². The number of amides is 1. The highest BCUT2D eigenvalue weighted by atomic mass is 16.4. The number of hydrogen-bond acceptors (Lipinski definition) is 5. The smallest absolute Gasteiger partial charge is 0.228 e. The molecule has 0 atom stereocenters. The molecule has 16 heavy (non-hydrogen) atoms. The maximum atomic E-state index is 11.2. The molecule has 0 spiro atoms. The van der Waals surface area contributed by atoms with Gasteiger partial charge in [-0.25, -0.2) is 0 Å². The van der Waals surface area contributed by atoms with Crippen molar-refractivity contribution in [2.45, 2.75) is 19.9 Å². The van der Waals surface area contributed by atoms with E-state index in [-0.39, 0.29) is 24.7 Å². The summed E-state index contributed by atoms with van der Waals surface area (Å²) in [6.45, 7) is 2.10. The Morgan fingerprint density at radius 1 is 1.56 bits per heavy atom. The summed E-state index contributed by atoms with van der Waals surface area (Å²) in [5.41, 5.74) is 6.64. The van der Waals surface area contributed by atoms with E-state index in [0.29, 0.717) is 5.69 Å². The molecular weight excluding hydrogens is 210 g/mol. The molecule has 0 aromatic carbocycles. The van der Waals surface area contributed by atoms with Crippen LogP contribution in [0.5, 0.6) is 0 Å². The third kappa shape index (κ3) is 3.91. The van der Waals surface area contributed by atoms with Gasteiger partial charge in [0.15, 0.2) is 0 Å². The first-order chi connectivity index (χ1) is 7.61. The fraction of sp³-hybridized carbons (Fsp3) is 0.333. The van der Waals surface area contributed by atoms with Crippen molar-refractivity contribution in [3.8, 4) is 0 Å². The van der Waals surface area contributed by atoms with Crippen molar-refractivity contribution >= 4 is 11.7 Å². The predicted octanol–water partition coefficient (Wildman–Crippen LogP) is -0.462. The Hall–Kier alpha value is -2.18. The SMILES string of the molecule is Cc1cnc(CNC(=O)CC(N)=NO)cn1. The van der Waals surface area contributed by atoms with E-state index in [1.165, 1.54) is 0 Å². The summed E-state index contributed by atoms with van der Waals surface area (Å²) < 4.78 is 0. The molecule has 0 saturated carbocycles. The van der Waals surface area contributed by atoms with E-state index in [1.54, 1.807) is 12.4 Å². The summed E-state index contributed by atoms with van der Waals surface area (Å²) >= 11 is 0.